The Morgan fingerprint density at radius 3 is 2.83 bits per heavy atom. The zero-order valence-electron chi connectivity index (χ0n) is 13.9. The number of aromatic nitrogens is 1. The first-order valence-corrected chi connectivity index (χ1v) is 9.20. The molecular formula is C19H22N2O2S. The summed E-state index contributed by atoms with van der Waals surface area (Å²) in [5, 5.41) is 0.975. The van der Waals surface area contributed by atoms with Crippen LogP contribution in [0.2, 0.25) is 0 Å². The summed E-state index contributed by atoms with van der Waals surface area (Å²) in [7, 11) is 1.67. The molecule has 1 aliphatic heterocycles. The second-order valence-electron chi connectivity index (χ2n) is 5.86. The summed E-state index contributed by atoms with van der Waals surface area (Å²) in [5.41, 5.74) is 1.29. The highest BCUT2D eigenvalue weighted by Gasteiger charge is 2.26. The third kappa shape index (κ3) is 4.29. The maximum absolute atomic E-state index is 12.4. The second-order valence-corrected chi connectivity index (χ2v) is 6.98. The van der Waals surface area contributed by atoms with Gasteiger partial charge in [0.2, 0.25) is 5.91 Å². The van der Waals surface area contributed by atoms with Gasteiger partial charge in [0.15, 0.2) is 0 Å². The number of ether oxygens (including phenoxy) is 1. The van der Waals surface area contributed by atoms with Gasteiger partial charge >= 0.3 is 0 Å². The fourth-order valence-electron chi connectivity index (χ4n) is 2.97. The lowest BCUT2D eigenvalue weighted by Gasteiger charge is -2.16. The molecule has 2 aromatic rings. The molecule has 0 radical (unpaired) electrons. The van der Waals surface area contributed by atoms with Gasteiger partial charge in [0.1, 0.15) is 5.75 Å². The Labute approximate surface area is 147 Å². The molecule has 1 amide bonds. The predicted octanol–water partition coefficient (Wildman–Crippen LogP) is 3.59. The summed E-state index contributed by atoms with van der Waals surface area (Å²) in [6.45, 7) is 1.67. The van der Waals surface area contributed by atoms with E-state index < -0.39 is 0 Å². The van der Waals surface area contributed by atoms with Gasteiger partial charge in [0, 0.05) is 37.4 Å². The van der Waals surface area contributed by atoms with Crippen molar-refractivity contribution in [2.45, 2.75) is 23.8 Å². The van der Waals surface area contributed by atoms with Crippen molar-refractivity contribution < 1.29 is 9.53 Å². The highest BCUT2D eigenvalue weighted by Crippen LogP contribution is 2.29. The average Bonchev–Trinajstić information content (AvgIpc) is 3.13. The molecule has 1 aromatic carbocycles. The number of nitrogens with zero attached hydrogens (tertiary/aromatic N) is 2. The van der Waals surface area contributed by atoms with E-state index in [1.165, 1.54) is 5.56 Å². The number of likely N-dealkylation sites (tertiary alicyclic amines) is 1. The molecule has 2 heterocycles. The molecule has 0 bridgehead atoms. The summed E-state index contributed by atoms with van der Waals surface area (Å²) in [6, 6.07) is 14.0. The normalized spacial score (nSPS) is 17.0. The van der Waals surface area contributed by atoms with Crippen LogP contribution in [0.4, 0.5) is 0 Å². The van der Waals surface area contributed by atoms with E-state index in [1.807, 2.05) is 35.2 Å². The summed E-state index contributed by atoms with van der Waals surface area (Å²) in [5.74, 6) is 2.33. The summed E-state index contributed by atoms with van der Waals surface area (Å²) in [6.07, 6.45) is 3.38. The minimum Gasteiger partial charge on any atom is -0.497 e. The van der Waals surface area contributed by atoms with E-state index in [0.29, 0.717) is 12.3 Å². The van der Waals surface area contributed by atoms with Gasteiger partial charge in [-0.05, 0) is 36.2 Å². The zero-order chi connectivity index (χ0) is 16.8. The molecule has 0 N–H and O–H groups in total. The second kappa shape index (κ2) is 8.20. The SMILES string of the molecule is COc1ccc([C@@H]2CCN(C(=O)CCSc3ccccn3)C2)cc1. The molecule has 1 fully saturated rings. The lowest BCUT2D eigenvalue weighted by Crippen LogP contribution is -2.28. The first-order chi connectivity index (χ1) is 11.8. The monoisotopic (exact) mass is 342 g/mol. The van der Waals surface area contributed by atoms with Crippen LogP contribution in [0.25, 0.3) is 0 Å². The first-order valence-electron chi connectivity index (χ1n) is 8.22. The van der Waals surface area contributed by atoms with Crippen LogP contribution in [0.15, 0.2) is 53.7 Å². The molecule has 1 aromatic heterocycles. The van der Waals surface area contributed by atoms with E-state index in [4.69, 9.17) is 4.74 Å². The number of benzene rings is 1. The van der Waals surface area contributed by atoms with Gasteiger partial charge in [-0.1, -0.05) is 18.2 Å². The molecule has 126 valence electrons. The number of hydrogen-bond acceptors (Lipinski definition) is 4. The fourth-order valence-corrected chi connectivity index (χ4v) is 3.76. The van der Waals surface area contributed by atoms with E-state index in [9.17, 15) is 4.79 Å². The summed E-state index contributed by atoms with van der Waals surface area (Å²) in [4.78, 5) is 18.6. The quantitative estimate of drug-likeness (QED) is 0.753. The molecule has 24 heavy (non-hydrogen) atoms. The van der Waals surface area contributed by atoms with Gasteiger partial charge in [-0.15, -0.1) is 11.8 Å². The van der Waals surface area contributed by atoms with Crippen LogP contribution in [-0.4, -0.2) is 41.7 Å². The van der Waals surface area contributed by atoms with Crippen molar-refractivity contribution in [2.75, 3.05) is 26.0 Å². The smallest absolute Gasteiger partial charge is 0.223 e. The molecule has 0 spiro atoms. The maximum atomic E-state index is 12.4. The molecule has 1 saturated heterocycles. The van der Waals surface area contributed by atoms with Gasteiger partial charge in [0.05, 0.1) is 12.1 Å². The predicted molar refractivity (Wildman–Crippen MR) is 96.5 cm³/mol. The zero-order valence-corrected chi connectivity index (χ0v) is 14.7. The van der Waals surface area contributed by atoms with E-state index in [2.05, 4.69) is 17.1 Å². The van der Waals surface area contributed by atoms with Crippen LogP contribution in [0.3, 0.4) is 0 Å². The van der Waals surface area contributed by atoms with Crippen LogP contribution < -0.4 is 4.74 Å². The van der Waals surface area contributed by atoms with Gasteiger partial charge < -0.3 is 9.64 Å². The van der Waals surface area contributed by atoms with Crippen molar-refractivity contribution in [1.29, 1.82) is 0 Å². The molecule has 1 atom stereocenters. The number of methoxy groups -OCH3 is 1. The molecular weight excluding hydrogens is 320 g/mol. The van der Waals surface area contributed by atoms with Crippen molar-refractivity contribution in [3.05, 3.63) is 54.2 Å². The van der Waals surface area contributed by atoms with Crippen molar-refractivity contribution in [3.63, 3.8) is 0 Å². The molecule has 0 aliphatic carbocycles. The average molecular weight is 342 g/mol. The Hall–Kier alpha value is -2.01. The molecule has 3 rings (SSSR count). The van der Waals surface area contributed by atoms with Gasteiger partial charge in [-0.3, -0.25) is 4.79 Å². The third-order valence-electron chi connectivity index (χ3n) is 4.33. The number of pyridine rings is 1. The number of rotatable bonds is 6. The molecule has 5 heteroatoms. The Bertz CT molecular complexity index is 661. The minimum atomic E-state index is 0.245. The topological polar surface area (TPSA) is 42.4 Å². The molecule has 0 unspecified atom stereocenters. The standard InChI is InChI=1S/C19H22N2O2S/c1-23-17-7-5-15(6-8-17)16-9-12-21(14-16)19(22)10-13-24-18-4-2-3-11-20-18/h2-8,11,16H,9-10,12-14H2,1H3/t16-/m1/s1. The Kier molecular flexibility index (Phi) is 5.75. The number of carbonyl (C=O) groups is 1. The van der Waals surface area contributed by atoms with Crippen molar-refractivity contribution in [3.8, 4) is 5.75 Å². The van der Waals surface area contributed by atoms with Crippen molar-refractivity contribution in [2.24, 2.45) is 0 Å². The fraction of sp³-hybridized carbons (Fsp3) is 0.368. The van der Waals surface area contributed by atoms with Crippen LogP contribution in [0.1, 0.15) is 24.3 Å². The minimum absolute atomic E-state index is 0.245. The van der Waals surface area contributed by atoms with Crippen molar-refractivity contribution >= 4 is 17.7 Å². The van der Waals surface area contributed by atoms with Crippen LogP contribution in [0, 0.1) is 0 Å². The van der Waals surface area contributed by atoms with Crippen LogP contribution in [0.5, 0.6) is 5.75 Å². The first kappa shape index (κ1) is 16.8. The van der Waals surface area contributed by atoms with E-state index >= 15 is 0 Å². The molecule has 0 saturated carbocycles. The molecule has 4 nitrogen and oxygen atoms in total. The van der Waals surface area contributed by atoms with Gasteiger partial charge in [0.25, 0.3) is 0 Å². The lowest BCUT2D eigenvalue weighted by atomic mass is 9.98. The van der Waals surface area contributed by atoms with E-state index in [-0.39, 0.29) is 5.91 Å². The summed E-state index contributed by atoms with van der Waals surface area (Å²) < 4.78 is 5.20. The number of amides is 1. The van der Waals surface area contributed by atoms with Crippen LogP contribution in [-0.2, 0) is 4.79 Å². The Balaban J connectivity index is 1.46. The maximum Gasteiger partial charge on any atom is 0.223 e. The van der Waals surface area contributed by atoms with E-state index in [1.54, 1.807) is 25.1 Å². The highest BCUT2D eigenvalue weighted by molar-refractivity contribution is 7.99. The number of thioether (sulfide) groups is 1. The number of hydrogen-bond donors (Lipinski definition) is 0. The largest absolute Gasteiger partial charge is 0.497 e. The van der Waals surface area contributed by atoms with E-state index in [0.717, 1.165) is 36.0 Å². The van der Waals surface area contributed by atoms with Crippen LogP contribution >= 0.6 is 11.8 Å². The lowest BCUT2D eigenvalue weighted by molar-refractivity contribution is -0.129. The van der Waals surface area contributed by atoms with Gasteiger partial charge in [-0.25, -0.2) is 4.98 Å². The molecule has 1 aliphatic rings. The van der Waals surface area contributed by atoms with Crippen molar-refractivity contribution in [1.82, 2.24) is 9.88 Å². The summed E-state index contributed by atoms with van der Waals surface area (Å²) >= 11 is 1.64. The Morgan fingerprint density at radius 2 is 2.12 bits per heavy atom. The third-order valence-corrected chi connectivity index (χ3v) is 5.28. The number of carbonyl (C=O) groups excluding carboxylic acids is 1. The van der Waals surface area contributed by atoms with Gasteiger partial charge in [-0.2, -0.15) is 0 Å². The Morgan fingerprint density at radius 1 is 1.29 bits per heavy atom. The highest BCUT2D eigenvalue weighted by atomic mass is 32.2.